The molecule has 0 bridgehead atoms. The lowest BCUT2D eigenvalue weighted by molar-refractivity contribution is -0.160. The fourth-order valence-corrected chi connectivity index (χ4v) is 2.15. The number of aliphatic hydroxyl groups excluding tert-OH is 1. The van der Waals surface area contributed by atoms with Gasteiger partial charge in [0.2, 0.25) is 0 Å². The Balaban J connectivity index is 2.45. The Bertz CT molecular complexity index is 255. The first kappa shape index (κ1) is 14.4. The van der Waals surface area contributed by atoms with Crippen LogP contribution in [0, 0.1) is 0 Å². The molecule has 3 unspecified atom stereocenters. The Hall–Kier alpha value is -0.650. The van der Waals surface area contributed by atoms with Gasteiger partial charge >= 0.3 is 5.97 Å². The van der Waals surface area contributed by atoms with Crippen LogP contribution in [-0.4, -0.2) is 47.6 Å². The fraction of sp³-hybridized carbons (Fsp3) is 0.917. The standard InChI is InChI=1S/C12H23NO4/c1-12(16,11(15)17-2)8-13-9-6-4-3-5-7-10(9)14/h9-10,13-14,16H,3-8H2,1-2H3. The maximum absolute atomic E-state index is 11.3. The molecule has 0 saturated heterocycles. The summed E-state index contributed by atoms with van der Waals surface area (Å²) in [5, 5.41) is 22.8. The first-order chi connectivity index (χ1) is 7.97. The normalized spacial score (nSPS) is 29.2. The van der Waals surface area contributed by atoms with Crippen LogP contribution < -0.4 is 5.32 Å². The van der Waals surface area contributed by atoms with Crippen LogP contribution in [0.4, 0.5) is 0 Å². The molecule has 0 amide bonds. The Labute approximate surface area is 102 Å². The highest BCUT2D eigenvalue weighted by atomic mass is 16.5. The van der Waals surface area contributed by atoms with Crippen molar-refractivity contribution < 1.29 is 19.7 Å². The van der Waals surface area contributed by atoms with E-state index in [4.69, 9.17) is 0 Å². The Morgan fingerprint density at radius 2 is 2.06 bits per heavy atom. The third-order valence-corrected chi connectivity index (χ3v) is 3.31. The zero-order valence-corrected chi connectivity index (χ0v) is 10.6. The number of methoxy groups -OCH3 is 1. The van der Waals surface area contributed by atoms with E-state index in [1.54, 1.807) is 0 Å². The minimum atomic E-state index is -1.54. The summed E-state index contributed by atoms with van der Waals surface area (Å²) in [6.07, 6.45) is 4.48. The summed E-state index contributed by atoms with van der Waals surface area (Å²) in [5.74, 6) is -0.659. The first-order valence-corrected chi connectivity index (χ1v) is 6.19. The van der Waals surface area contributed by atoms with E-state index in [1.165, 1.54) is 14.0 Å². The predicted octanol–water partition coefficient (Wildman–Crippen LogP) is 0.194. The average molecular weight is 245 g/mol. The van der Waals surface area contributed by atoms with Crippen molar-refractivity contribution in [1.29, 1.82) is 0 Å². The monoisotopic (exact) mass is 245 g/mol. The SMILES string of the molecule is COC(=O)C(C)(O)CNC1CCCCCC1O. The molecule has 1 aliphatic rings. The van der Waals surface area contributed by atoms with Crippen molar-refractivity contribution in [2.45, 2.75) is 56.8 Å². The average Bonchev–Trinajstić information content (AvgIpc) is 2.50. The molecule has 1 saturated carbocycles. The molecule has 1 aliphatic carbocycles. The third-order valence-electron chi connectivity index (χ3n) is 3.31. The molecule has 0 heterocycles. The zero-order chi connectivity index (χ0) is 12.9. The highest BCUT2D eigenvalue weighted by Crippen LogP contribution is 2.18. The molecule has 5 nitrogen and oxygen atoms in total. The molecule has 100 valence electrons. The molecule has 17 heavy (non-hydrogen) atoms. The van der Waals surface area contributed by atoms with Crippen LogP contribution in [-0.2, 0) is 9.53 Å². The van der Waals surface area contributed by atoms with Gasteiger partial charge in [-0.05, 0) is 19.8 Å². The Morgan fingerprint density at radius 1 is 1.41 bits per heavy atom. The van der Waals surface area contributed by atoms with Gasteiger partial charge in [-0.2, -0.15) is 0 Å². The van der Waals surface area contributed by atoms with Crippen molar-refractivity contribution in [1.82, 2.24) is 5.32 Å². The van der Waals surface area contributed by atoms with Crippen molar-refractivity contribution in [3.8, 4) is 0 Å². The van der Waals surface area contributed by atoms with E-state index in [0.717, 1.165) is 32.1 Å². The largest absolute Gasteiger partial charge is 0.467 e. The number of hydrogen-bond acceptors (Lipinski definition) is 5. The van der Waals surface area contributed by atoms with Crippen molar-refractivity contribution in [3.63, 3.8) is 0 Å². The fourth-order valence-electron chi connectivity index (χ4n) is 2.15. The minimum Gasteiger partial charge on any atom is -0.467 e. The lowest BCUT2D eigenvalue weighted by Crippen LogP contribution is -2.51. The summed E-state index contributed by atoms with van der Waals surface area (Å²) in [7, 11) is 1.25. The van der Waals surface area contributed by atoms with Crippen LogP contribution >= 0.6 is 0 Å². The van der Waals surface area contributed by atoms with Gasteiger partial charge in [0.25, 0.3) is 0 Å². The second-order valence-corrected chi connectivity index (χ2v) is 4.96. The molecule has 0 spiro atoms. The Kier molecular flexibility index (Phi) is 5.36. The second kappa shape index (κ2) is 6.33. The van der Waals surface area contributed by atoms with E-state index in [9.17, 15) is 15.0 Å². The first-order valence-electron chi connectivity index (χ1n) is 6.19. The highest BCUT2D eigenvalue weighted by Gasteiger charge is 2.33. The molecule has 5 heteroatoms. The van der Waals surface area contributed by atoms with Gasteiger partial charge in [0.05, 0.1) is 13.2 Å². The summed E-state index contributed by atoms with van der Waals surface area (Å²) in [4.78, 5) is 11.3. The van der Waals surface area contributed by atoms with Gasteiger partial charge in [-0.1, -0.05) is 19.3 Å². The molecule has 0 radical (unpaired) electrons. The van der Waals surface area contributed by atoms with E-state index in [2.05, 4.69) is 10.1 Å². The van der Waals surface area contributed by atoms with Gasteiger partial charge in [0.15, 0.2) is 5.60 Å². The number of rotatable bonds is 4. The molecule has 0 aromatic heterocycles. The molecule has 3 atom stereocenters. The van der Waals surface area contributed by atoms with Gasteiger partial charge in [-0.15, -0.1) is 0 Å². The lowest BCUT2D eigenvalue weighted by Gasteiger charge is -2.27. The van der Waals surface area contributed by atoms with Gasteiger partial charge in [-0.25, -0.2) is 4.79 Å². The summed E-state index contributed by atoms with van der Waals surface area (Å²) in [6.45, 7) is 1.51. The molecule has 0 aromatic rings. The molecule has 0 aliphatic heterocycles. The maximum atomic E-state index is 11.3. The number of carbonyl (C=O) groups is 1. The Morgan fingerprint density at radius 3 is 2.71 bits per heavy atom. The number of aliphatic hydroxyl groups is 2. The summed E-state index contributed by atoms with van der Waals surface area (Å²) < 4.78 is 4.51. The number of nitrogens with one attached hydrogen (secondary N) is 1. The van der Waals surface area contributed by atoms with Crippen LogP contribution in [0.25, 0.3) is 0 Å². The smallest absolute Gasteiger partial charge is 0.338 e. The van der Waals surface area contributed by atoms with Gasteiger partial charge in [0.1, 0.15) is 0 Å². The van der Waals surface area contributed by atoms with E-state index < -0.39 is 17.7 Å². The molecule has 0 aromatic carbocycles. The number of esters is 1. The van der Waals surface area contributed by atoms with Gasteiger partial charge in [0, 0.05) is 12.6 Å². The maximum Gasteiger partial charge on any atom is 0.338 e. The van der Waals surface area contributed by atoms with Gasteiger partial charge < -0.3 is 20.3 Å². The van der Waals surface area contributed by atoms with Crippen LogP contribution in [0.2, 0.25) is 0 Å². The minimum absolute atomic E-state index is 0.0476. The quantitative estimate of drug-likeness (QED) is 0.487. The van der Waals surface area contributed by atoms with Gasteiger partial charge in [-0.3, -0.25) is 0 Å². The molecule has 1 rings (SSSR count). The molecule has 1 fully saturated rings. The summed E-state index contributed by atoms with van der Waals surface area (Å²) >= 11 is 0. The third kappa shape index (κ3) is 4.26. The number of carbonyl (C=O) groups excluding carboxylic acids is 1. The van der Waals surface area contributed by atoms with Crippen LogP contribution in [0.1, 0.15) is 39.0 Å². The number of hydrogen-bond donors (Lipinski definition) is 3. The predicted molar refractivity (Wildman–Crippen MR) is 63.5 cm³/mol. The summed E-state index contributed by atoms with van der Waals surface area (Å²) in [5.41, 5.74) is -1.54. The molecular formula is C12H23NO4. The van der Waals surface area contributed by atoms with Crippen molar-refractivity contribution in [3.05, 3.63) is 0 Å². The zero-order valence-electron chi connectivity index (χ0n) is 10.6. The van der Waals surface area contributed by atoms with Crippen LogP contribution in [0.3, 0.4) is 0 Å². The van der Waals surface area contributed by atoms with E-state index >= 15 is 0 Å². The van der Waals surface area contributed by atoms with E-state index in [1.807, 2.05) is 0 Å². The van der Waals surface area contributed by atoms with Crippen molar-refractivity contribution in [2.24, 2.45) is 0 Å². The van der Waals surface area contributed by atoms with E-state index in [0.29, 0.717) is 0 Å². The van der Waals surface area contributed by atoms with Crippen molar-refractivity contribution in [2.75, 3.05) is 13.7 Å². The van der Waals surface area contributed by atoms with Crippen LogP contribution in [0.5, 0.6) is 0 Å². The molecular weight excluding hydrogens is 222 g/mol. The molecule has 3 N–H and O–H groups in total. The van der Waals surface area contributed by atoms with Crippen LogP contribution in [0.15, 0.2) is 0 Å². The lowest BCUT2D eigenvalue weighted by atomic mass is 10.0. The highest BCUT2D eigenvalue weighted by molar-refractivity contribution is 5.78. The van der Waals surface area contributed by atoms with E-state index in [-0.39, 0.29) is 12.6 Å². The summed E-state index contributed by atoms with van der Waals surface area (Å²) in [6, 6.07) is -0.0476. The second-order valence-electron chi connectivity index (χ2n) is 4.96. The number of ether oxygens (including phenoxy) is 1. The topological polar surface area (TPSA) is 78.8 Å². The van der Waals surface area contributed by atoms with Crippen molar-refractivity contribution >= 4 is 5.97 Å².